The number of nitrogens with zero attached hydrogens (tertiary/aromatic N) is 4. The van der Waals surface area contributed by atoms with Crippen LogP contribution >= 0.6 is 0 Å². The Morgan fingerprint density at radius 2 is 1.46 bits per heavy atom. The Bertz CT molecular complexity index is 576. The summed E-state index contributed by atoms with van der Waals surface area (Å²) in [5.74, 6) is -0.162. The topological polar surface area (TPSA) is 63.2 Å². The lowest BCUT2D eigenvalue weighted by Gasteiger charge is -2.25. The number of rotatable bonds is 11. The minimum atomic E-state index is -5.66. The lowest BCUT2D eigenvalue weighted by Crippen LogP contribution is -2.47. The Labute approximate surface area is 159 Å². The standard InChI is InChI=1S/C16H25F6N5O/c1-4-7-8-23-12-24-13(27(9-5-2)10-6-3)26-14(25-12)28-11(15(17,18)19)16(20,21)22/h11H,4-10H2,1-3H3,(H,23,24,25,26). The molecule has 0 aliphatic carbocycles. The zero-order valence-corrected chi connectivity index (χ0v) is 16.0. The summed E-state index contributed by atoms with van der Waals surface area (Å²) in [6.45, 7) is 7.05. The maximum Gasteiger partial charge on any atom is 0.434 e. The molecule has 0 radical (unpaired) electrons. The van der Waals surface area contributed by atoms with E-state index in [2.05, 4.69) is 25.0 Å². The molecule has 12 heteroatoms. The van der Waals surface area contributed by atoms with Crippen molar-refractivity contribution in [3.05, 3.63) is 0 Å². The number of anilines is 2. The minimum absolute atomic E-state index is 0.0317. The summed E-state index contributed by atoms with van der Waals surface area (Å²) in [6, 6.07) is -1.03. The fourth-order valence-corrected chi connectivity index (χ4v) is 2.27. The first-order chi connectivity index (χ1) is 13.0. The Hall–Kier alpha value is -2.01. The van der Waals surface area contributed by atoms with Crippen molar-refractivity contribution in [3.8, 4) is 6.01 Å². The van der Waals surface area contributed by atoms with Gasteiger partial charge in [0.25, 0.3) is 6.10 Å². The predicted molar refractivity (Wildman–Crippen MR) is 92.5 cm³/mol. The first-order valence-corrected chi connectivity index (χ1v) is 9.07. The first kappa shape index (κ1) is 24.0. The van der Waals surface area contributed by atoms with Gasteiger partial charge in [-0.05, 0) is 19.3 Å². The highest BCUT2D eigenvalue weighted by Crippen LogP contribution is 2.36. The number of hydrogen-bond donors (Lipinski definition) is 1. The summed E-state index contributed by atoms with van der Waals surface area (Å²) in [7, 11) is 0. The summed E-state index contributed by atoms with van der Waals surface area (Å²) in [5, 5.41) is 2.78. The van der Waals surface area contributed by atoms with Crippen LogP contribution in [0.3, 0.4) is 0 Å². The number of halogens is 6. The second kappa shape index (κ2) is 10.5. The van der Waals surface area contributed by atoms with Crippen LogP contribution in [0.25, 0.3) is 0 Å². The Balaban J connectivity index is 3.26. The van der Waals surface area contributed by atoms with Gasteiger partial charge in [0.05, 0.1) is 0 Å². The third kappa shape index (κ3) is 7.55. The van der Waals surface area contributed by atoms with E-state index in [-0.39, 0.29) is 11.9 Å². The molecule has 1 aromatic rings. The quantitative estimate of drug-likeness (QED) is 0.420. The molecule has 162 valence electrons. The highest BCUT2D eigenvalue weighted by atomic mass is 19.4. The molecule has 1 N–H and O–H groups in total. The van der Waals surface area contributed by atoms with E-state index >= 15 is 0 Å². The summed E-state index contributed by atoms with van der Waals surface area (Å²) >= 11 is 0. The molecule has 0 saturated heterocycles. The highest BCUT2D eigenvalue weighted by Gasteiger charge is 2.59. The second-order valence-corrected chi connectivity index (χ2v) is 6.09. The van der Waals surface area contributed by atoms with E-state index < -0.39 is 24.5 Å². The SMILES string of the molecule is CCCCNc1nc(OC(C(F)(F)F)C(F)(F)F)nc(N(CCC)CCC)n1. The molecule has 1 aromatic heterocycles. The summed E-state index contributed by atoms with van der Waals surface area (Å²) in [6.07, 6.45) is -12.4. The molecule has 0 aromatic carbocycles. The van der Waals surface area contributed by atoms with E-state index in [0.717, 1.165) is 12.8 Å². The number of aromatic nitrogens is 3. The summed E-state index contributed by atoms with van der Waals surface area (Å²) in [5.41, 5.74) is 0. The van der Waals surface area contributed by atoms with Gasteiger partial charge >= 0.3 is 18.4 Å². The molecule has 1 heterocycles. The van der Waals surface area contributed by atoms with Crippen molar-refractivity contribution in [2.45, 2.75) is 64.9 Å². The average molecular weight is 417 g/mol. The molecule has 0 bridgehead atoms. The number of nitrogens with one attached hydrogen (secondary N) is 1. The van der Waals surface area contributed by atoms with Crippen LogP contribution in [0, 0.1) is 0 Å². The van der Waals surface area contributed by atoms with Crippen molar-refractivity contribution in [1.29, 1.82) is 0 Å². The molecule has 0 spiro atoms. The molecule has 0 atom stereocenters. The number of ether oxygens (including phenoxy) is 1. The van der Waals surface area contributed by atoms with Crippen molar-refractivity contribution in [1.82, 2.24) is 15.0 Å². The van der Waals surface area contributed by atoms with Crippen LogP contribution in [0.2, 0.25) is 0 Å². The Kier molecular flexibility index (Phi) is 9.02. The fraction of sp³-hybridized carbons (Fsp3) is 0.812. The van der Waals surface area contributed by atoms with Gasteiger partial charge in [-0.1, -0.05) is 27.2 Å². The molecule has 0 fully saturated rings. The molecule has 6 nitrogen and oxygen atoms in total. The van der Waals surface area contributed by atoms with Crippen LogP contribution in [-0.2, 0) is 0 Å². The zero-order valence-electron chi connectivity index (χ0n) is 16.0. The van der Waals surface area contributed by atoms with Crippen LogP contribution in [-0.4, -0.2) is 53.0 Å². The summed E-state index contributed by atoms with van der Waals surface area (Å²) < 4.78 is 81.0. The molecular weight excluding hydrogens is 392 g/mol. The monoisotopic (exact) mass is 417 g/mol. The van der Waals surface area contributed by atoms with E-state index in [0.29, 0.717) is 32.5 Å². The average Bonchev–Trinajstić information content (AvgIpc) is 2.57. The number of unbranched alkanes of at least 4 members (excludes halogenated alkanes) is 1. The van der Waals surface area contributed by atoms with Crippen molar-refractivity contribution in [2.75, 3.05) is 29.9 Å². The summed E-state index contributed by atoms with van der Waals surface area (Å²) in [4.78, 5) is 13.1. The molecule has 0 unspecified atom stereocenters. The Morgan fingerprint density at radius 1 is 0.893 bits per heavy atom. The van der Waals surface area contributed by atoms with E-state index in [4.69, 9.17) is 0 Å². The van der Waals surface area contributed by atoms with Crippen LogP contribution in [0.4, 0.5) is 38.2 Å². The van der Waals surface area contributed by atoms with Gasteiger partial charge in [-0.2, -0.15) is 41.3 Å². The first-order valence-electron chi connectivity index (χ1n) is 9.07. The predicted octanol–water partition coefficient (Wildman–Crippen LogP) is 4.58. The van der Waals surface area contributed by atoms with Crippen LogP contribution in [0.1, 0.15) is 46.5 Å². The zero-order chi connectivity index (χ0) is 21.4. The van der Waals surface area contributed by atoms with Gasteiger partial charge in [-0.25, -0.2) is 0 Å². The highest BCUT2D eigenvalue weighted by molar-refractivity contribution is 5.38. The minimum Gasteiger partial charge on any atom is -0.440 e. The second-order valence-electron chi connectivity index (χ2n) is 6.09. The lowest BCUT2D eigenvalue weighted by molar-refractivity contribution is -0.301. The van der Waals surface area contributed by atoms with Gasteiger partial charge in [0.15, 0.2) is 0 Å². The van der Waals surface area contributed by atoms with Crippen LogP contribution < -0.4 is 15.0 Å². The van der Waals surface area contributed by atoms with Crippen molar-refractivity contribution in [2.24, 2.45) is 0 Å². The van der Waals surface area contributed by atoms with Gasteiger partial charge in [0.2, 0.25) is 11.9 Å². The maximum atomic E-state index is 12.8. The van der Waals surface area contributed by atoms with Crippen LogP contribution in [0.5, 0.6) is 6.01 Å². The molecule has 1 rings (SSSR count). The van der Waals surface area contributed by atoms with Gasteiger partial charge in [-0.15, -0.1) is 0 Å². The lowest BCUT2D eigenvalue weighted by atomic mass is 10.3. The maximum absolute atomic E-state index is 12.8. The third-order valence-corrected chi connectivity index (χ3v) is 3.50. The van der Waals surface area contributed by atoms with Gasteiger partial charge in [0.1, 0.15) is 0 Å². The van der Waals surface area contributed by atoms with Crippen molar-refractivity contribution in [3.63, 3.8) is 0 Å². The van der Waals surface area contributed by atoms with E-state index in [1.165, 1.54) is 0 Å². The molecular formula is C16H25F6N5O. The third-order valence-electron chi connectivity index (χ3n) is 3.50. The van der Waals surface area contributed by atoms with E-state index in [9.17, 15) is 26.3 Å². The van der Waals surface area contributed by atoms with Gasteiger partial charge < -0.3 is 15.0 Å². The fourth-order valence-electron chi connectivity index (χ4n) is 2.27. The normalized spacial score (nSPS) is 12.4. The van der Waals surface area contributed by atoms with Gasteiger partial charge in [0, 0.05) is 19.6 Å². The number of hydrogen-bond acceptors (Lipinski definition) is 6. The number of alkyl halides is 6. The smallest absolute Gasteiger partial charge is 0.434 e. The van der Waals surface area contributed by atoms with Crippen LogP contribution in [0.15, 0.2) is 0 Å². The van der Waals surface area contributed by atoms with Crippen molar-refractivity contribution >= 4 is 11.9 Å². The van der Waals surface area contributed by atoms with Crippen molar-refractivity contribution < 1.29 is 31.1 Å². The molecule has 0 aliphatic rings. The Morgan fingerprint density at radius 3 is 1.93 bits per heavy atom. The van der Waals surface area contributed by atoms with E-state index in [1.807, 2.05) is 20.8 Å². The largest absolute Gasteiger partial charge is 0.440 e. The molecule has 0 aliphatic heterocycles. The van der Waals surface area contributed by atoms with E-state index in [1.54, 1.807) is 4.90 Å². The van der Waals surface area contributed by atoms with Gasteiger partial charge in [-0.3, -0.25) is 0 Å². The molecule has 28 heavy (non-hydrogen) atoms. The molecule has 0 saturated carbocycles. The molecule has 0 amide bonds.